The maximum absolute atomic E-state index is 13.2. The maximum Gasteiger partial charge on any atom is 0.253 e. The molecule has 0 aliphatic carbocycles. The van der Waals surface area contributed by atoms with Crippen molar-refractivity contribution in [1.82, 2.24) is 9.80 Å². The highest BCUT2D eigenvalue weighted by atomic mass is 16.2. The summed E-state index contributed by atoms with van der Waals surface area (Å²) in [5.41, 5.74) is 4.44. The van der Waals surface area contributed by atoms with E-state index in [1.54, 1.807) is 0 Å². The number of nitrogens with zero attached hydrogens (tertiary/aromatic N) is 2. The lowest BCUT2D eigenvalue weighted by Crippen LogP contribution is -2.44. The summed E-state index contributed by atoms with van der Waals surface area (Å²) in [4.78, 5) is 29.6. The molecule has 5 rings (SSSR count). The predicted octanol–water partition coefficient (Wildman–Crippen LogP) is 4.09. The van der Waals surface area contributed by atoms with Gasteiger partial charge in [-0.25, -0.2) is 0 Å². The summed E-state index contributed by atoms with van der Waals surface area (Å²) in [5.74, 6) is 0.199. The lowest BCUT2D eigenvalue weighted by molar-refractivity contribution is -0.116. The van der Waals surface area contributed by atoms with Crippen molar-refractivity contribution in [2.45, 2.75) is 45.1 Å². The summed E-state index contributed by atoms with van der Waals surface area (Å²) in [7, 11) is 0. The Kier molecular flexibility index (Phi) is 5.53. The third-order valence-electron chi connectivity index (χ3n) is 7.35. The molecule has 5 nitrogen and oxygen atoms in total. The van der Waals surface area contributed by atoms with Crippen molar-refractivity contribution in [2.75, 3.05) is 31.5 Å². The summed E-state index contributed by atoms with van der Waals surface area (Å²) >= 11 is 0. The number of aryl methyl sites for hydroxylation is 1. The van der Waals surface area contributed by atoms with Crippen molar-refractivity contribution < 1.29 is 9.59 Å². The highest BCUT2D eigenvalue weighted by molar-refractivity contribution is 5.97. The monoisotopic (exact) mass is 417 g/mol. The summed E-state index contributed by atoms with van der Waals surface area (Å²) in [6, 6.07) is 16.5. The van der Waals surface area contributed by atoms with E-state index in [0.29, 0.717) is 11.8 Å². The van der Waals surface area contributed by atoms with Gasteiger partial charge in [0.25, 0.3) is 5.91 Å². The first kappa shape index (κ1) is 20.3. The molecule has 5 heteroatoms. The molecule has 3 aliphatic rings. The zero-order valence-electron chi connectivity index (χ0n) is 18.1. The molecule has 1 N–H and O–H groups in total. The number of amides is 2. The Morgan fingerprint density at radius 2 is 1.74 bits per heavy atom. The van der Waals surface area contributed by atoms with E-state index in [2.05, 4.69) is 40.5 Å². The normalized spacial score (nSPS) is 20.9. The van der Waals surface area contributed by atoms with E-state index in [9.17, 15) is 9.59 Å². The Morgan fingerprint density at radius 3 is 2.55 bits per heavy atom. The second-order valence-electron chi connectivity index (χ2n) is 9.51. The number of anilines is 1. The van der Waals surface area contributed by atoms with Gasteiger partial charge < -0.3 is 10.2 Å². The second-order valence-corrected chi connectivity index (χ2v) is 9.51. The van der Waals surface area contributed by atoms with Crippen LogP contribution < -0.4 is 5.32 Å². The van der Waals surface area contributed by atoms with Gasteiger partial charge in [-0.05, 0) is 73.4 Å². The first-order valence-electron chi connectivity index (χ1n) is 11.6. The molecule has 0 bridgehead atoms. The smallest absolute Gasteiger partial charge is 0.253 e. The number of hydrogen-bond donors (Lipinski definition) is 1. The van der Waals surface area contributed by atoms with Crippen molar-refractivity contribution in [1.29, 1.82) is 0 Å². The first-order valence-corrected chi connectivity index (χ1v) is 11.6. The van der Waals surface area contributed by atoms with Crippen LogP contribution in [0.25, 0.3) is 0 Å². The topological polar surface area (TPSA) is 52.7 Å². The Labute approximate surface area is 184 Å². The minimum Gasteiger partial charge on any atom is -0.339 e. The summed E-state index contributed by atoms with van der Waals surface area (Å²) in [6.45, 7) is 5.00. The fourth-order valence-corrected chi connectivity index (χ4v) is 5.49. The highest BCUT2D eigenvalue weighted by Crippen LogP contribution is 2.41. The van der Waals surface area contributed by atoms with Crippen LogP contribution >= 0.6 is 0 Å². The van der Waals surface area contributed by atoms with Gasteiger partial charge in [0.15, 0.2) is 0 Å². The zero-order valence-corrected chi connectivity index (χ0v) is 18.1. The van der Waals surface area contributed by atoms with E-state index in [1.807, 2.05) is 23.1 Å². The van der Waals surface area contributed by atoms with Crippen LogP contribution in [0.1, 0.15) is 53.6 Å². The van der Waals surface area contributed by atoms with Crippen LogP contribution in [0, 0.1) is 5.41 Å². The fourth-order valence-electron chi connectivity index (χ4n) is 5.49. The van der Waals surface area contributed by atoms with Crippen LogP contribution in [0.3, 0.4) is 0 Å². The van der Waals surface area contributed by atoms with E-state index in [1.165, 1.54) is 12.0 Å². The van der Waals surface area contributed by atoms with E-state index in [-0.39, 0.29) is 11.8 Å². The SMILES string of the molecule is O=C1CCCc2cc(C(=O)N3CCC4(CCN(Cc5ccccc5)C4)CC3)ccc2N1. The molecule has 0 radical (unpaired) electrons. The van der Waals surface area contributed by atoms with Gasteiger partial charge in [-0.1, -0.05) is 30.3 Å². The third kappa shape index (κ3) is 4.38. The molecule has 0 atom stereocenters. The number of piperidine rings is 1. The molecular formula is C26H31N3O2. The number of hydrogen-bond acceptors (Lipinski definition) is 3. The van der Waals surface area contributed by atoms with Crippen LogP contribution in [0.5, 0.6) is 0 Å². The predicted molar refractivity (Wildman–Crippen MR) is 122 cm³/mol. The first-order chi connectivity index (χ1) is 15.1. The third-order valence-corrected chi connectivity index (χ3v) is 7.35. The van der Waals surface area contributed by atoms with Crippen molar-refractivity contribution in [3.63, 3.8) is 0 Å². The van der Waals surface area contributed by atoms with Gasteiger partial charge in [-0.3, -0.25) is 14.5 Å². The van der Waals surface area contributed by atoms with E-state index in [0.717, 1.165) is 75.2 Å². The van der Waals surface area contributed by atoms with Crippen molar-refractivity contribution in [2.24, 2.45) is 5.41 Å². The molecule has 2 aromatic carbocycles. The van der Waals surface area contributed by atoms with Crippen LogP contribution in [0.4, 0.5) is 5.69 Å². The Hall–Kier alpha value is -2.66. The second kappa shape index (κ2) is 8.46. The van der Waals surface area contributed by atoms with Gasteiger partial charge in [-0.15, -0.1) is 0 Å². The van der Waals surface area contributed by atoms with Gasteiger partial charge in [0.05, 0.1) is 0 Å². The number of carbonyl (C=O) groups is 2. The van der Waals surface area contributed by atoms with Crippen molar-refractivity contribution in [3.05, 3.63) is 65.2 Å². The average molecular weight is 418 g/mol. The molecule has 2 amide bonds. The molecule has 2 saturated heterocycles. The molecule has 1 spiro atoms. The number of fused-ring (bicyclic) bond motifs is 1. The number of rotatable bonds is 3. The highest BCUT2D eigenvalue weighted by Gasteiger charge is 2.41. The molecule has 162 valence electrons. The minimum absolute atomic E-state index is 0.0667. The molecule has 0 unspecified atom stereocenters. The summed E-state index contributed by atoms with van der Waals surface area (Å²) in [5, 5.41) is 2.95. The Morgan fingerprint density at radius 1 is 0.968 bits per heavy atom. The molecule has 0 aromatic heterocycles. The van der Waals surface area contributed by atoms with Crippen LogP contribution in [-0.4, -0.2) is 47.8 Å². The molecule has 31 heavy (non-hydrogen) atoms. The lowest BCUT2D eigenvalue weighted by atomic mass is 9.77. The Balaban J connectivity index is 1.19. The maximum atomic E-state index is 13.2. The minimum atomic E-state index is 0.0667. The largest absolute Gasteiger partial charge is 0.339 e. The molecule has 2 aromatic rings. The number of carbonyl (C=O) groups excluding carboxylic acids is 2. The molecule has 3 heterocycles. The van der Waals surface area contributed by atoms with Crippen LogP contribution in [0.2, 0.25) is 0 Å². The van der Waals surface area contributed by atoms with E-state index < -0.39 is 0 Å². The van der Waals surface area contributed by atoms with Crippen molar-refractivity contribution in [3.8, 4) is 0 Å². The molecule has 0 saturated carbocycles. The number of likely N-dealkylation sites (tertiary alicyclic amines) is 2. The summed E-state index contributed by atoms with van der Waals surface area (Å²) in [6.07, 6.45) is 5.64. The van der Waals surface area contributed by atoms with E-state index in [4.69, 9.17) is 0 Å². The van der Waals surface area contributed by atoms with Crippen LogP contribution in [-0.2, 0) is 17.8 Å². The van der Waals surface area contributed by atoms with Crippen molar-refractivity contribution >= 4 is 17.5 Å². The zero-order chi connectivity index (χ0) is 21.3. The average Bonchev–Trinajstić information content (AvgIpc) is 3.06. The van der Waals surface area contributed by atoms with Gasteiger partial charge >= 0.3 is 0 Å². The Bertz CT molecular complexity index is 964. The quantitative estimate of drug-likeness (QED) is 0.818. The molecular weight excluding hydrogens is 386 g/mol. The summed E-state index contributed by atoms with van der Waals surface area (Å²) < 4.78 is 0. The van der Waals surface area contributed by atoms with Gasteiger partial charge in [0.2, 0.25) is 5.91 Å². The van der Waals surface area contributed by atoms with Gasteiger partial charge in [0.1, 0.15) is 0 Å². The molecule has 2 fully saturated rings. The van der Waals surface area contributed by atoms with Gasteiger partial charge in [-0.2, -0.15) is 0 Å². The molecule has 3 aliphatic heterocycles. The number of benzene rings is 2. The number of nitrogens with one attached hydrogen (secondary N) is 1. The lowest BCUT2D eigenvalue weighted by Gasteiger charge is -2.39. The van der Waals surface area contributed by atoms with E-state index >= 15 is 0 Å². The fraction of sp³-hybridized carbons (Fsp3) is 0.462. The van der Waals surface area contributed by atoms with Gasteiger partial charge in [0, 0.05) is 43.9 Å². The standard InChI is InChI=1S/C26H31N3O2/c30-24-8-4-7-21-17-22(9-10-23(21)27-24)25(31)29-15-12-26(13-16-29)11-14-28(19-26)18-20-5-2-1-3-6-20/h1-3,5-6,9-10,17H,4,7-8,11-16,18-19H2,(H,27,30). The van der Waals surface area contributed by atoms with Crippen LogP contribution in [0.15, 0.2) is 48.5 Å².